The molecule has 0 saturated carbocycles. The summed E-state index contributed by atoms with van der Waals surface area (Å²) in [6.07, 6.45) is 3.23. The Kier molecular flexibility index (Phi) is 2.98. The summed E-state index contributed by atoms with van der Waals surface area (Å²) in [6, 6.07) is 6.45. The first-order chi connectivity index (χ1) is 9.37. The van der Waals surface area contributed by atoms with Crippen LogP contribution in [0.4, 0.5) is 4.39 Å². The lowest BCUT2D eigenvalue weighted by atomic mass is 9.76. The van der Waals surface area contributed by atoms with Gasteiger partial charge in [-0.15, -0.1) is 0 Å². The molecule has 1 heterocycles. The number of aromatic nitrogens is 1. The number of carbonyl (C=O) groups is 1. The van der Waals surface area contributed by atoms with Gasteiger partial charge in [-0.25, -0.2) is 4.39 Å². The molecule has 1 aliphatic rings. The zero-order valence-electron chi connectivity index (χ0n) is 11.4. The maximum Gasteiger partial charge on any atom is 0.165 e. The monoisotopic (exact) mass is 291 g/mol. The van der Waals surface area contributed by atoms with Gasteiger partial charge >= 0.3 is 0 Å². The number of halogens is 2. The molecule has 2 aromatic rings. The molecule has 0 bridgehead atoms. The number of nitrogens with zero attached hydrogens (tertiary/aromatic N) is 1. The quantitative estimate of drug-likeness (QED) is 0.762. The van der Waals surface area contributed by atoms with Crippen LogP contribution in [-0.4, -0.2) is 10.4 Å². The molecule has 3 rings (SSSR count). The summed E-state index contributed by atoms with van der Waals surface area (Å²) >= 11 is 5.84. The highest BCUT2D eigenvalue weighted by molar-refractivity contribution is 6.30. The summed E-state index contributed by atoms with van der Waals surface area (Å²) in [4.78, 5) is 12.2. The Hall–Kier alpha value is -1.61. The van der Waals surface area contributed by atoms with E-state index in [4.69, 9.17) is 11.6 Å². The number of hydrogen-bond acceptors (Lipinski definition) is 1. The molecule has 0 N–H and O–H groups in total. The molecule has 4 heteroatoms. The first kappa shape index (κ1) is 13.4. The molecular formula is C16H15ClFNO. The van der Waals surface area contributed by atoms with Gasteiger partial charge in [0.15, 0.2) is 5.78 Å². The van der Waals surface area contributed by atoms with Crippen LogP contribution >= 0.6 is 11.6 Å². The van der Waals surface area contributed by atoms with Crippen LogP contribution in [0, 0.1) is 11.2 Å². The van der Waals surface area contributed by atoms with Gasteiger partial charge in [0.05, 0.1) is 5.02 Å². The fourth-order valence-corrected chi connectivity index (χ4v) is 3.00. The molecule has 0 aliphatic heterocycles. The number of rotatable bonds is 1. The first-order valence-electron chi connectivity index (χ1n) is 6.56. The second kappa shape index (κ2) is 4.45. The Morgan fingerprint density at radius 1 is 1.25 bits per heavy atom. The van der Waals surface area contributed by atoms with Crippen LogP contribution in [0.25, 0.3) is 5.69 Å². The average molecular weight is 292 g/mol. The molecule has 1 aliphatic carbocycles. The summed E-state index contributed by atoms with van der Waals surface area (Å²) in [5.74, 6) is -0.268. The van der Waals surface area contributed by atoms with Gasteiger partial charge in [0.2, 0.25) is 0 Å². The van der Waals surface area contributed by atoms with Crippen LogP contribution in [0.2, 0.25) is 5.02 Å². The smallest absolute Gasteiger partial charge is 0.165 e. The van der Waals surface area contributed by atoms with Gasteiger partial charge in [-0.3, -0.25) is 4.79 Å². The highest BCUT2D eigenvalue weighted by Gasteiger charge is 2.33. The van der Waals surface area contributed by atoms with E-state index in [1.165, 1.54) is 6.07 Å². The van der Waals surface area contributed by atoms with Crippen LogP contribution < -0.4 is 0 Å². The summed E-state index contributed by atoms with van der Waals surface area (Å²) in [5, 5.41) is 0.0892. The number of ketones is 1. The molecular weight excluding hydrogens is 277 g/mol. The van der Waals surface area contributed by atoms with E-state index < -0.39 is 5.82 Å². The molecule has 1 aromatic heterocycles. The first-order valence-corrected chi connectivity index (χ1v) is 6.94. The molecule has 0 amide bonds. The lowest BCUT2D eigenvalue weighted by molar-refractivity contribution is 0.0911. The predicted molar refractivity (Wildman–Crippen MR) is 77.2 cm³/mol. The average Bonchev–Trinajstić information content (AvgIpc) is 2.75. The van der Waals surface area contributed by atoms with Crippen molar-refractivity contribution < 1.29 is 9.18 Å². The molecule has 1 aromatic carbocycles. The Labute approximate surface area is 122 Å². The largest absolute Gasteiger partial charge is 0.320 e. The van der Waals surface area contributed by atoms with Crippen molar-refractivity contribution in [1.29, 1.82) is 0 Å². The van der Waals surface area contributed by atoms with Crippen molar-refractivity contribution in [3.05, 3.63) is 52.6 Å². The molecule has 0 spiro atoms. The highest BCUT2D eigenvalue weighted by Crippen LogP contribution is 2.36. The van der Waals surface area contributed by atoms with Gasteiger partial charge in [-0.1, -0.05) is 25.4 Å². The van der Waals surface area contributed by atoms with E-state index in [0.717, 1.165) is 23.4 Å². The third-order valence-electron chi connectivity index (χ3n) is 3.76. The van der Waals surface area contributed by atoms with Crippen LogP contribution in [0.3, 0.4) is 0 Å². The molecule has 0 fully saturated rings. The third-order valence-corrected chi connectivity index (χ3v) is 4.05. The van der Waals surface area contributed by atoms with Gasteiger partial charge in [0.25, 0.3) is 0 Å². The van der Waals surface area contributed by atoms with Gasteiger partial charge < -0.3 is 4.57 Å². The second-order valence-electron chi connectivity index (χ2n) is 6.09. The Morgan fingerprint density at radius 3 is 2.70 bits per heavy atom. The Balaban J connectivity index is 2.13. The van der Waals surface area contributed by atoms with Crippen LogP contribution in [0.1, 0.15) is 36.3 Å². The Morgan fingerprint density at radius 2 is 2.00 bits per heavy atom. The van der Waals surface area contributed by atoms with Crippen LogP contribution in [0.15, 0.2) is 30.5 Å². The van der Waals surface area contributed by atoms with E-state index in [0.29, 0.717) is 6.42 Å². The minimum Gasteiger partial charge on any atom is -0.320 e. The zero-order chi connectivity index (χ0) is 14.5. The van der Waals surface area contributed by atoms with E-state index in [-0.39, 0.29) is 16.2 Å². The van der Waals surface area contributed by atoms with E-state index in [2.05, 4.69) is 13.8 Å². The lowest BCUT2D eigenvalue weighted by Crippen LogP contribution is -2.27. The molecule has 104 valence electrons. The van der Waals surface area contributed by atoms with Gasteiger partial charge in [-0.2, -0.15) is 0 Å². The van der Waals surface area contributed by atoms with Crippen LogP contribution in [-0.2, 0) is 6.42 Å². The molecule has 0 atom stereocenters. The van der Waals surface area contributed by atoms with Gasteiger partial charge in [0.1, 0.15) is 5.82 Å². The molecule has 2 nitrogen and oxygen atoms in total. The second-order valence-corrected chi connectivity index (χ2v) is 6.49. The number of benzene rings is 1. The number of fused-ring (bicyclic) bond motifs is 1. The zero-order valence-corrected chi connectivity index (χ0v) is 12.2. The molecule has 0 saturated heterocycles. The number of carbonyl (C=O) groups excluding carboxylic acids is 1. The third kappa shape index (κ3) is 2.16. The standard InChI is InChI=1S/C16H15ClFNO/c1-16(2)8-14-11(15(20)9-16)5-6-19(14)10-3-4-13(18)12(17)7-10/h3-7H,8-9H2,1-2H3. The maximum atomic E-state index is 13.3. The van der Waals surface area contributed by atoms with Crippen LogP contribution in [0.5, 0.6) is 0 Å². The molecule has 0 unspecified atom stereocenters. The van der Waals surface area contributed by atoms with Gasteiger partial charge in [0, 0.05) is 29.6 Å². The maximum absolute atomic E-state index is 13.3. The molecule has 0 radical (unpaired) electrons. The summed E-state index contributed by atoms with van der Waals surface area (Å²) < 4.78 is 15.2. The van der Waals surface area contributed by atoms with Crippen molar-refractivity contribution in [2.24, 2.45) is 5.41 Å². The highest BCUT2D eigenvalue weighted by atomic mass is 35.5. The number of hydrogen-bond donors (Lipinski definition) is 0. The Bertz CT molecular complexity index is 702. The molecule has 20 heavy (non-hydrogen) atoms. The van der Waals surface area contributed by atoms with E-state index in [1.807, 2.05) is 16.8 Å². The van der Waals surface area contributed by atoms with Crippen molar-refractivity contribution >= 4 is 17.4 Å². The fourth-order valence-electron chi connectivity index (χ4n) is 2.82. The van der Waals surface area contributed by atoms with Crippen molar-refractivity contribution in [1.82, 2.24) is 4.57 Å². The van der Waals surface area contributed by atoms with Crippen molar-refractivity contribution in [3.8, 4) is 5.69 Å². The van der Waals surface area contributed by atoms with Crippen molar-refractivity contribution in [2.45, 2.75) is 26.7 Å². The summed E-state index contributed by atoms with van der Waals surface area (Å²) in [5.41, 5.74) is 2.48. The topological polar surface area (TPSA) is 22.0 Å². The van der Waals surface area contributed by atoms with Gasteiger partial charge in [-0.05, 0) is 36.1 Å². The van der Waals surface area contributed by atoms with E-state index in [1.54, 1.807) is 12.1 Å². The van der Waals surface area contributed by atoms with Crippen molar-refractivity contribution in [2.75, 3.05) is 0 Å². The summed E-state index contributed by atoms with van der Waals surface area (Å²) in [7, 11) is 0. The normalized spacial score (nSPS) is 17.1. The van der Waals surface area contributed by atoms with E-state index in [9.17, 15) is 9.18 Å². The predicted octanol–water partition coefficient (Wildman–Crippen LogP) is 4.42. The minimum absolute atomic E-state index is 0.0516. The lowest BCUT2D eigenvalue weighted by Gasteiger charge is -2.29. The number of Topliss-reactive ketones (excluding diaryl/α,β-unsaturated/α-hetero) is 1. The van der Waals surface area contributed by atoms with Crippen molar-refractivity contribution in [3.63, 3.8) is 0 Å². The SMILES string of the molecule is CC1(C)CC(=O)c2ccn(-c3ccc(F)c(Cl)c3)c2C1. The minimum atomic E-state index is -0.437. The summed E-state index contributed by atoms with van der Waals surface area (Å²) in [6.45, 7) is 4.17. The fraction of sp³-hybridized carbons (Fsp3) is 0.312. The van der Waals surface area contributed by atoms with E-state index >= 15 is 0 Å².